The van der Waals surface area contributed by atoms with Gasteiger partial charge in [-0.2, -0.15) is 0 Å². The first-order chi connectivity index (χ1) is 10.2. The van der Waals surface area contributed by atoms with E-state index in [1.54, 1.807) is 6.08 Å². The Morgan fingerprint density at radius 3 is 2.95 bits per heavy atom. The Labute approximate surface area is 139 Å². The molecule has 2 rings (SSSR count). The molecule has 0 unspecified atom stereocenters. The van der Waals surface area contributed by atoms with Crippen molar-refractivity contribution in [2.75, 3.05) is 39.5 Å². The molecule has 0 amide bonds. The van der Waals surface area contributed by atoms with Gasteiger partial charge in [0.05, 0.1) is 23.1 Å². The van der Waals surface area contributed by atoms with Crippen molar-refractivity contribution in [3.8, 4) is 0 Å². The fourth-order valence-electron chi connectivity index (χ4n) is 2.01. The number of hydrogen-bond acceptors (Lipinski definition) is 4. The Morgan fingerprint density at radius 2 is 2.33 bits per heavy atom. The fourth-order valence-corrected chi connectivity index (χ4v) is 2.39. The minimum atomic E-state index is 0.630. The van der Waals surface area contributed by atoms with Crippen molar-refractivity contribution in [3.63, 3.8) is 0 Å². The highest BCUT2D eigenvalue weighted by atomic mass is 127. The largest absolute Gasteiger partial charge is 0.491 e. The minimum Gasteiger partial charge on any atom is -0.491 e. The number of rotatable bonds is 6. The van der Waals surface area contributed by atoms with Crippen molar-refractivity contribution in [1.82, 2.24) is 14.5 Å². The van der Waals surface area contributed by atoms with Gasteiger partial charge in [0.25, 0.3) is 0 Å². The zero-order chi connectivity index (χ0) is 15.1. The molecule has 0 spiro atoms. The van der Waals surface area contributed by atoms with E-state index in [9.17, 15) is 0 Å². The van der Waals surface area contributed by atoms with E-state index in [4.69, 9.17) is 9.47 Å². The van der Waals surface area contributed by atoms with E-state index in [0.717, 1.165) is 48.1 Å². The van der Waals surface area contributed by atoms with Gasteiger partial charge < -0.3 is 14.0 Å². The second-order valence-corrected chi connectivity index (χ2v) is 5.80. The van der Waals surface area contributed by atoms with Gasteiger partial charge in [0.15, 0.2) is 0 Å². The van der Waals surface area contributed by atoms with Crippen LogP contribution in [0.15, 0.2) is 30.3 Å². The quantitative estimate of drug-likeness (QED) is 0.317. The molecule has 1 aromatic rings. The molecule has 1 saturated heterocycles. The summed E-state index contributed by atoms with van der Waals surface area (Å²) < 4.78 is 14.2. The van der Waals surface area contributed by atoms with E-state index >= 15 is 0 Å². The predicted molar refractivity (Wildman–Crippen MR) is 90.8 cm³/mol. The van der Waals surface area contributed by atoms with E-state index in [1.807, 2.05) is 23.9 Å². The summed E-state index contributed by atoms with van der Waals surface area (Å²) in [7, 11) is 1.98. The first kappa shape index (κ1) is 16.3. The molecule has 114 valence electrons. The van der Waals surface area contributed by atoms with Crippen molar-refractivity contribution in [2.24, 2.45) is 7.05 Å². The highest BCUT2D eigenvalue weighted by molar-refractivity contribution is 14.1. The first-order valence-corrected chi connectivity index (χ1v) is 7.96. The lowest BCUT2D eigenvalue weighted by atomic mass is 10.4. The highest BCUT2D eigenvalue weighted by Crippen LogP contribution is 2.11. The molecule has 1 aliphatic heterocycles. The third-order valence-corrected chi connectivity index (χ3v) is 4.27. The molecule has 1 aromatic heterocycles. The van der Waals surface area contributed by atoms with E-state index in [-0.39, 0.29) is 0 Å². The van der Waals surface area contributed by atoms with Gasteiger partial charge in [0, 0.05) is 38.8 Å². The predicted octanol–water partition coefficient (Wildman–Crippen LogP) is 2.06. The summed E-state index contributed by atoms with van der Waals surface area (Å²) in [5, 5.41) is 0. The Balaban J connectivity index is 1.92. The van der Waals surface area contributed by atoms with Crippen molar-refractivity contribution in [1.29, 1.82) is 0 Å². The number of morpholine rings is 1. The Morgan fingerprint density at radius 1 is 1.57 bits per heavy atom. The van der Waals surface area contributed by atoms with Gasteiger partial charge in [0.2, 0.25) is 0 Å². The molecule has 0 N–H and O–H groups in total. The average Bonchev–Trinajstić information content (AvgIpc) is 2.80. The van der Waals surface area contributed by atoms with Crippen LogP contribution in [0.5, 0.6) is 0 Å². The molecule has 0 aliphatic carbocycles. The SMILES string of the molecule is C=C=C/C(=C\c1ncc(I)n1C)OCCN1CCOCC1. The van der Waals surface area contributed by atoms with Crippen molar-refractivity contribution >= 4 is 28.7 Å². The lowest BCUT2D eigenvalue weighted by molar-refractivity contribution is 0.0283. The van der Waals surface area contributed by atoms with Crippen LogP contribution in [0.25, 0.3) is 6.08 Å². The Bertz CT molecular complexity index is 541. The number of aromatic nitrogens is 2. The molecular formula is C15H20IN3O2. The maximum atomic E-state index is 5.82. The van der Waals surface area contributed by atoms with Crippen molar-refractivity contribution in [3.05, 3.63) is 39.9 Å². The number of imidazole rings is 1. The van der Waals surface area contributed by atoms with Crippen LogP contribution < -0.4 is 0 Å². The van der Waals surface area contributed by atoms with Crippen LogP contribution in [-0.2, 0) is 16.5 Å². The summed E-state index contributed by atoms with van der Waals surface area (Å²) in [6.45, 7) is 8.69. The molecule has 1 fully saturated rings. The molecule has 0 aromatic carbocycles. The van der Waals surface area contributed by atoms with E-state index < -0.39 is 0 Å². The zero-order valence-corrected chi connectivity index (χ0v) is 14.4. The second-order valence-electron chi connectivity index (χ2n) is 4.70. The first-order valence-electron chi connectivity index (χ1n) is 6.88. The van der Waals surface area contributed by atoms with Gasteiger partial charge in [0.1, 0.15) is 18.2 Å². The molecule has 0 saturated carbocycles. The minimum absolute atomic E-state index is 0.630. The lowest BCUT2D eigenvalue weighted by Gasteiger charge is -2.26. The van der Waals surface area contributed by atoms with Crippen LogP contribution in [0.3, 0.4) is 0 Å². The second kappa shape index (κ2) is 8.38. The average molecular weight is 401 g/mol. The smallest absolute Gasteiger partial charge is 0.136 e. The molecular weight excluding hydrogens is 381 g/mol. The van der Waals surface area contributed by atoms with Crippen LogP contribution in [0.4, 0.5) is 0 Å². The summed E-state index contributed by atoms with van der Waals surface area (Å²) in [5.74, 6) is 1.58. The van der Waals surface area contributed by atoms with Crippen LogP contribution in [0.2, 0.25) is 0 Å². The number of hydrogen-bond donors (Lipinski definition) is 0. The number of nitrogens with zero attached hydrogens (tertiary/aromatic N) is 3. The third-order valence-electron chi connectivity index (χ3n) is 3.26. The van der Waals surface area contributed by atoms with Crippen molar-refractivity contribution < 1.29 is 9.47 Å². The summed E-state index contributed by atoms with van der Waals surface area (Å²) in [6.07, 6.45) is 5.47. The fraction of sp³-hybridized carbons (Fsp3) is 0.467. The number of allylic oxidation sites excluding steroid dienone is 1. The molecule has 2 heterocycles. The summed E-state index contributed by atoms with van der Waals surface area (Å²) in [5.41, 5.74) is 2.76. The lowest BCUT2D eigenvalue weighted by Crippen LogP contribution is -2.38. The maximum absolute atomic E-state index is 5.82. The molecule has 0 bridgehead atoms. The van der Waals surface area contributed by atoms with Crippen LogP contribution in [0, 0.1) is 3.70 Å². The molecule has 6 heteroatoms. The molecule has 0 atom stereocenters. The van der Waals surface area contributed by atoms with Crippen molar-refractivity contribution in [2.45, 2.75) is 0 Å². The van der Waals surface area contributed by atoms with Gasteiger partial charge in [-0.1, -0.05) is 6.58 Å². The molecule has 21 heavy (non-hydrogen) atoms. The topological polar surface area (TPSA) is 39.5 Å². The Hall–Kier alpha value is -1.08. The molecule has 1 aliphatic rings. The van der Waals surface area contributed by atoms with Crippen LogP contribution in [0.1, 0.15) is 5.82 Å². The van der Waals surface area contributed by atoms with Gasteiger partial charge in [-0.15, -0.1) is 5.73 Å². The number of ether oxygens (including phenoxy) is 2. The van der Waals surface area contributed by atoms with Crippen LogP contribution in [-0.4, -0.2) is 53.9 Å². The van der Waals surface area contributed by atoms with Gasteiger partial charge in [-0.3, -0.25) is 4.90 Å². The van der Waals surface area contributed by atoms with E-state index in [1.165, 1.54) is 0 Å². The number of halogens is 1. The van der Waals surface area contributed by atoms with Crippen LogP contribution >= 0.6 is 22.6 Å². The van der Waals surface area contributed by atoms with Gasteiger partial charge in [-0.25, -0.2) is 4.98 Å². The van der Waals surface area contributed by atoms with E-state index in [2.05, 4.69) is 44.8 Å². The summed E-state index contributed by atoms with van der Waals surface area (Å²) in [4.78, 5) is 6.67. The van der Waals surface area contributed by atoms with Gasteiger partial charge in [-0.05, 0) is 22.6 Å². The third kappa shape index (κ3) is 5.00. The molecule has 0 radical (unpaired) electrons. The summed E-state index contributed by atoms with van der Waals surface area (Å²) in [6, 6.07) is 0. The normalized spacial score (nSPS) is 16.6. The monoisotopic (exact) mass is 401 g/mol. The summed E-state index contributed by atoms with van der Waals surface area (Å²) >= 11 is 2.24. The zero-order valence-electron chi connectivity index (χ0n) is 12.2. The molecule has 5 nitrogen and oxygen atoms in total. The highest BCUT2D eigenvalue weighted by Gasteiger charge is 2.10. The maximum Gasteiger partial charge on any atom is 0.136 e. The van der Waals surface area contributed by atoms with Gasteiger partial charge >= 0.3 is 0 Å². The van der Waals surface area contributed by atoms with E-state index in [0.29, 0.717) is 6.61 Å². The Kier molecular flexibility index (Phi) is 6.50. The standard InChI is InChI=1S/C15H20IN3O2/c1-3-4-13(11-15-17-12-14(16)18(15)2)21-10-7-19-5-8-20-9-6-19/h4,11-12H,1,5-10H2,2H3/b13-11+.